The largest absolute Gasteiger partial charge is 0.481 e. The highest BCUT2D eigenvalue weighted by atomic mass is 35.5. The maximum Gasteiger partial charge on any atom is 0.400 e. The van der Waals surface area contributed by atoms with Crippen molar-refractivity contribution < 1.29 is 33.3 Å². The summed E-state index contributed by atoms with van der Waals surface area (Å²) in [5.41, 5.74) is 1.20. The van der Waals surface area contributed by atoms with Crippen molar-refractivity contribution in [3.63, 3.8) is 0 Å². The van der Waals surface area contributed by atoms with Crippen molar-refractivity contribution in [2.75, 3.05) is 6.61 Å². The van der Waals surface area contributed by atoms with Gasteiger partial charge in [-0.05, 0) is 50.2 Å². The molecular formula is C21H22ClNO7. The topological polar surface area (TPSA) is 108 Å². The van der Waals surface area contributed by atoms with E-state index in [0.717, 1.165) is 0 Å². The minimum atomic E-state index is -0.745. The molecule has 3 rings (SSSR count). The lowest BCUT2D eigenvalue weighted by molar-refractivity contribution is -0.150. The van der Waals surface area contributed by atoms with Crippen LogP contribution in [0.5, 0.6) is 17.6 Å². The second kappa shape index (κ2) is 11.1. The highest BCUT2D eigenvalue weighted by Gasteiger charge is 2.15. The van der Waals surface area contributed by atoms with Crippen molar-refractivity contribution in [2.24, 2.45) is 0 Å². The van der Waals surface area contributed by atoms with Crippen LogP contribution < -0.4 is 9.47 Å². The SMILES string of the molecule is CCC(=O)O.CCOC(=O)C(C)Oc1ccc(Oc2nc3ccc(Cl)cc3o2)cc1. The molecule has 0 radical (unpaired) electrons. The Morgan fingerprint density at radius 1 is 1.13 bits per heavy atom. The summed E-state index contributed by atoms with van der Waals surface area (Å²) in [4.78, 5) is 25.2. The molecule has 30 heavy (non-hydrogen) atoms. The lowest BCUT2D eigenvalue weighted by atomic mass is 10.3. The van der Waals surface area contributed by atoms with Gasteiger partial charge in [-0.1, -0.05) is 18.5 Å². The van der Waals surface area contributed by atoms with Gasteiger partial charge in [0.2, 0.25) is 0 Å². The molecule has 0 bridgehead atoms. The molecule has 9 heteroatoms. The summed E-state index contributed by atoms with van der Waals surface area (Å²) in [7, 11) is 0. The van der Waals surface area contributed by atoms with Crippen LogP contribution in [0.25, 0.3) is 11.1 Å². The fraction of sp³-hybridized carbons (Fsp3) is 0.286. The summed E-state index contributed by atoms with van der Waals surface area (Å²) in [5.74, 6) is -0.107. The number of carbonyl (C=O) groups excluding carboxylic acids is 1. The van der Waals surface area contributed by atoms with E-state index in [2.05, 4.69) is 4.98 Å². The van der Waals surface area contributed by atoms with Crippen molar-refractivity contribution in [1.82, 2.24) is 4.98 Å². The molecule has 0 amide bonds. The molecular weight excluding hydrogens is 414 g/mol. The molecule has 0 saturated carbocycles. The summed E-state index contributed by atoms with van der Waals surface area (Å²) in [5, 5.41) is 8.28. The Morgan fingerprint density at radius 3 is 2.37 bits per heavy atom. The number of carboxylic acid groups (broad SMARTS) is 1. The lowest BCUT2D eigenvalue weighted by Gasteiger charge is -2.13. The summed E-state index contributed by atoms with van der Waals surface area (Å²) < 4.78 is 21.5. The number of aliphatic carboxylic acids is 1. The number of aromatic nitrogens is 1. The molecule has 1 heterocycles. The Balaban J connectivity index is 0.000000575. The van der Waals surface area contributed by atoms with E-state index in [1.807, 2.05) is 0 Å². The standard InChI is InChI=1S/C18H16ClNO5.C3H6O2/c1-3-22-17(21)11(2)23-13-5-7-14(8-6-13)24-18-20-15-9-4-12(19)10-16(15)25-18;1-2-3(4)5/h4-11H,3H2,1-2H3;2H2,1H3,(H,4,5). The number of esters is 1. The number of hydrogen-bond acceptors (Lipinski definition) is 7. The molecule has 0 aliphatic carbocycles. The molecule has 8 nitrogen and oxygen atoms in total. The van der Waals surface area contributed by atoms with Crippen molar-refractivity contribution in [3.05, 3.63) is 47.5 Å². The minimum Gasteiger partial charge on any atom is -0.481 e. The van der Waals surface area contributed by atoms with E-state index in [4.69, 9.17) is 35.3 Å². The fourth-order valence-corrected chi connectivity index (χ4v) is 2.28. The molecule has 0 aliphatic heterocycles. The van der Waals surface area contributed by atoms with Crippen LogP contribution in [0, 0.1) is 0 Å². The van der Waals surface area contributed by atoms with Gasteiger partial charge in [0.15, 0.2) is 11.7 Å². The van der Waals surface area contributed by atoms with Crippen molar-refractivity contribution in [2.45, 2.75) is 33.3 Å². The number of benzene rings is 2. The van der Waals surface area contributed by atoms with E-state index in [1.54, 1.807) is 63.2 Å². The average molecular weight is 436 g/mol. The van der Waals surface area contributed by atoms with E-state index in [9.17, 15) is 9.59 Å². The molecule has 0 saturated heterocycles. The number of hydrogen-bond donors (Lipinski definition) is 1. The van der Waals surface area contributed by atoms with Crippen LogP contribution >= 0.6 is 11.6 Å². The number of ether oxygens (including phenoxy) is 3. The average Bonchev–Trinajstić information content (AvgIpc) is 3.11. The molecule has 0 aliphatic rings. The quantitative estimate of drug-likeness (QED) is 0.511. The summed E-state index contributed by atoms with van der Waals surface area (Å²) in [6, 6.07) is 11.9. The second-order valence-electron chi connectivity index (χ2n) is 5.92. The maximum atomic E-state index is 11.6. The molecule has 1 aromatic heterocycles. The number of rotatable bonds is 7. The Morgan fingerprint density at radius 2 is 1.77 bits per heavy atom. The summed E-state index contributed by atoms with van der Waals surface area (Å²) >= 11 is 5.91. The number of nitrogens with zero attached hydrogens (tertiary/aromatic N) is 1. The van der Waals surface area contributed by atoms with Crippen LogP contribution in [-0.4, -0.2) is 34.7 Å². The predicted molar refractivity (Wildman–Crippen MR) is 110 cm³/mol. The first-order chi connectivity index (χ1) is 14.3. The first kappa shape index (κ1) is 23.0. The molecule has 0 spiro atoms. The summed E-state index contributed by atoms with van der Waals surface area (Å²) in [6.45, 7) is 5.29. The van der Waals surface area contributed by atoms with Crippen molar-refractivity contribution in [3.8, 4) is 17.6 Å². The van der Waals surface area contributed by atoms with Crippen LogP contribution in [0.1, 0.15) is 27.2 Å². The van der Waals surface area contributed by atoms with Crippen molar-refractivity contribution in [1.29, 1.82) is 0 Å². The number of carbonyl (C=O) groups is 2. The van der Waals surface area contributed by atoms with Gasteiger partial charge in [0.05, 0.1) is 6.61 Å². The molecule has 1 atom stereocenters. The van der Waals surface area contributed by atoms with Gasteiger partial charge in [-0.15, -0.1) is 0 Å². The molecule has 1 N–H and O–H groups in total. The number of halogens is 1. The Labute approximate surface area is 178 Å². The van der Waals surface area contributed by atoms with Gasteiger partial charge in [-0.3, -0.25) is 4.79 Å². The monoisotopic (exact) mass is 435 g/mol. The zero-order chi connectivity index (χ0) is 22.1. The van der Waals surface area contributed by atoms with E-state index in [-0.39, 0.29) is 12.5 Å². The van der Waals surface area contributed by atoms with Gasteiger partial charge in [-0.2, -0.15) is 4.98 Å². The first-order valence-electron chi connectivity index (χ1n) is 9.21. The van der Waals surface area contributed by atoms with Gasteiger partial charge in [0.1, 0.15) is 17.0 Å². The highest BCUT2D eigenvalue weighted by molar-refractivity contribution is 6.31. The third-order valence-electron chi connectivity index (χ3n) is 3.59. The van der Waals surface area contributed by atoms with Gasteiger partial charge < -0.3 is 23.7 Å². The molecule has 160 valence electrons. The normalized spacial score (nSPS) is 11.2. The third-order valence-corrected chi connectivity index (χ3v) is 3.83. The Kier molecular flexibility index (Phi) is 8.49. The van der Waals surface area contributed by atoms with Gasteiger partial charge in [0, 0.05) is 17.5 Å². The number of carboxylic acids is 1. The molecule has 3 aromatic rings. The van der Waals surface area contributed by atoms with Crippen molar-refractivity contribution >= 4 is 34.6 Å². The molecule has 2 aromatic carbocycles. The minimum absolute atomic E-state index is 0.117. The van der Waals surface area contributed by atoms with Crippen LogP contribution in [-0.2, 0) is 14.3 Å². The number of fused-ring (bicyclic) bond motifs is 1. The van der Waals surface area contributed by atoms with Crippen LogP contribution in [0.15, 0.2) is 46.9 Å². The lowest BCUT2D eigenvalue weighted by Crippen LogP contribution is -2.25. The van der Waals surface area contributed by atoms with E-state index < -0.39 is 18.0 Å². The highest BCUT2D eigenvalue weighted by Crippen LogP contribution is 2.28. The summed E-state index contributed by atoms with van der Waals surface area (Å²) in [6.07, 6.45) is -0.348. The Hall–Kier alpha value is -3.26. The first-order valence-corrected chi connectivity index (χ1v) is 9.59. The zero-order valence-corrected chi connectivity index (χ0v) is 17.5. The van der Waals surface area contributed by atoms with Gasteiger partial charge in [-0.25, -0.2) is 4.79 Å². The maximum absolute atomic E-state index is 11.6. The molecule has 0 fully saturated rings. The van der Waals surface area contributed by atoms with Gasteiger partial charge >= 0.3 is 18.0 Å². The zero-order valence-electron chi connectivity index (χ0n) is 16.8. The van der Waals surface area contributed by atoms with Crippen LogP contribution in [0.2, 0.25) is 5.02 Å². The fourth-order valence-electron chi connectivity index (χ4n) is 2.12. The van der Waals surface area contributed by atoms with E-state index in [0.29, 0.717) is 34.2 Å². The smallest absolute Gasteiger partial charge is 0.400 e. The second-order valence-corrected chi connectivity index (χ2v) is 6.36. The Bertz CT molecular complexity index is 985. The van der Waals surface area contributed by atoms with Crippen LogP contribution in [0.4, 0.5) is 0 Å². The van der Waals surface area contributed by atoms with E-state index >= 15 is 0 Å². The molecule has 1 unspecified atom stereocenters. The van der Waals surface area contributed by atoms with E-state index in [1.165, 1.54) is 0 Å². The predicted octanol–water partition coefficient (Wildman–Crippen LogP) is 5.08. The number of oxazole rings is 1. The van der Waals surface area contributed by atoms with Crippen LogP contribution in [0.3, 0.4) is 0 Å². The third kappa shape index (κ3) is 6.97. The van der Waals surface area contributed by atoms with Gasteiger partial charge in [0.25, 0.3) is 0 Å².